The molecule has 1 aliphatic rings. The third kappa shape index (κ3) is 3.51. The molecular weight excluding hydrogens is 330 g/mol. The van der Waals surface area contributed by atoms with Gasteiger partial charge in [-0.05, 0) is 48.7 Å². The summed E-state index contributed by atoms with van der Waals surface area (Å²) in [6, 6.07) is 0.202. The van der Waals surface area contributed by atoms with E-state index in [1.807, 2.05) is 6.20 Å². The highest BCUT2D eigenvalue weighted by atomic mass is 79.9. The number of hydrogen-bond acceptors (Lipinski definition) is 3. The molecule has 0 amide bonds. The van der Waals surface area contributed by atoms with E-state index < -0.39 is 0 Å². The molecule has 0 bridgehead atoms. The summed E-state index contributed by atoms with van der Waals surface area (Å²) < 4.78 is 9.52. The molecule has 0 radical (unpaired) electrons. The molecule has 1 fully saturated rings. The summed E-state index contributed by atoms with van der Waals surface area (Å²) in [5.74, 6) is 0. The first-order chi connectivity index (χ1) is 10.2. The first-order valence-electron chi connectivity index (χ1n) is 8.27. The van der Waals surface area contributed by atoms with Gasteiger partial charge < -0.3 is 10.1 Å². The van der Waals surface area contributed by atoms with Crippen molar-refractivity contribution in [3.8, 4) is 0 Å². The fourth-order valence-electron chi connectivity index (χ4n) is 3.56. The van der Waals surface area contributed by atoms with Gasteiger partial charge in [0.15, 0.2) is 0 Å². The molecule has 1 aliphatic carbocycles. The van der Waals surface area contributed by atoms with Crippen LogP contribution in [0.4, 0.5) is 0 Å². The smallest absolute Gasteiger partial charge is 0.0891 e. The van der Waals surface area contributed by atoms with E-state index in [-0.39, 0.29) is 11.6 Å². The van der Waals surface area contributed by atoms with Crippen LogP contribution in [-0.4, -0.2) is 28.5 Å². The molecule has 5 heteroatoms. The number of halogens is 1. The van der Waals surface area contributed by atoms with Gasteiger partial charge in [0.1, 0.15) is 0 Å². The second-order valence-electron chi connectivity index (χ2n) is 5.80. The Bertz CT molecular complexity index is 441. The summed E-state index contributed by atoms with van der Waals surface area (Å²) in [6.07, 6.45) is 7.76. The summed E-state index contributed by atoms with van der Waals surface area (Å²) in [5, 5.41) is 8.22. The monoisotopic (exact) mass is 357 g/mol. The lowest BCUT2D eigenvalue weighted by atomic mass is 9.89. The molecule has 21 heavy (non-hydrogen) atoms. The Morgan fingerprint density at radius 2 is 2.10 bits per heavy atom. The van der Waals surface area contributed by atoms with E-state index in [0.717, 1.165) is 43.4 Å². The van der Waals surface area contributed by atoms with Gasteiger partial charge in [0.25, 0.3) is 0 Å². The number of nitrogens with zero attached hydrogens (tertiary/aromatic N) is 2. The van der Waals surface area contributed by atoms with Crippen molar-refractivity contribution in [1.82, 2.24) is 15.1 Å². The number of likely N-dealkylation sites (N-methyl/N-ethyl adjacent to an activating group) is 1. The lowest BCUT2D eigenvalue weighted by molar-refractivity contribution is -0.0643. The van der Waals surface area contributed by atoms with Crippen LogP contribution in [0, 0.1) is 0 Å². The molecule has 120 valence electrons. The van der Waals surface area contributed by atoms with E-state index in [9.17, 15) is 0 Å². The van der Waals surface area contributed by atoms with E-state index in [1.165, 1.54) is 18.5 Å². The Morgan fingerprint density at radius 3 is 2.67 bits per heavy atom. The SMILES string of the molecule is CCCn1ncc(Br)c1C(NCC)C1(OCC)CCCC1. The zero-order valence-corrected chi connectivity index (χ0v) is 15.1. The molecule has 1 heterocycles. The minimum atomic E-state index is -0.0845. The molecule has 1 saturated carbocycles. The van der Waals surface area contributed by atoms with Crippen LogP contribution < -0.4 is 5.32 Å². The highest BCUT2D eigenvalue weighted by Gasteiger charge is 2.44. The third-order valence-corrected chi connectivity index (χ3v) is 4.97. The van der Waals surface area contributed by atoms with Crippen LogP contribution in [0.1, 0.15) is 64.6 Å². The molecule has 4 nitrogen and oxygen atoms in total. The predicted molar refractivity (Wildman–Crippen MR) is 89.5 cm³/mol. The van der Waals surface area contributed by atoms with Crippen LogP contribution >= 0.6 is 15.9 Å². The molecule has 1 aromatic heterocycles. The number of aromatic nitrogens is 2. The minimum absolute atomic E-state index is 0.0845. The number of ether oxygens (including phenoxy) is 1. The van der Waals surface area contributed by atoms with Gasteiger partial charge >= 0.3 is 0 Å². The molecule has 1 atom stereocenters. The summed E-state index contributed by atoms with van der Waals surface area (Å²) in [4.78, 5) is 0. The summed E-state index contributed by atoms with van der Waals surface area (Å²) >= 11 is 3.70. The molecular formula is C16H28BrN3O. The van der Waals surface area contributed by atoms with E-state index in [0.29, 0.717) is 0 Å². The van der Waals surface area contributed by atoms with E-state index in [4.69, 9.17) is 4.74 Å². The topological polar surface area (TPSA) is 39.1 Å². The zero-order chi connectivity index (χ0) is 15.3. The van der Waals surface area contributed by atoms with Gasteiger partial charge in [-0.25, -0.2) is 0 Å². The van der Waals surface area contributed by atoms with Crippen molar-refractivity contribution in [1.29, 1.82) is 0 Å². The van der Waals surface area contributed by atoms with Crippen molar-refractivity contribution < 1.29 is 4.74 Å². The Balaban J connectivity index is 2.39. The normalized spacial score (nSPS) is 19.0. The first kappa shape index (κ1) is 17.0. The molecule has 1 N–H and O–H groups in total. The van der Waals surface area contributed by atoms with Gasteiger partial charge in [-0.2, -0.15) is 5.10 Å². The maximum atomic E-state index is 6.29. The maximum Gasteiger partial charge on any atom is 0.0891 e. The van der Waals surface area contributed by atoms with Crippen LogP contribution in [0.5, 0.6) is 0 Å². The Labute approximate surface area is 136 Å². The predicted octanol–water partition coefficient (Wildman–Crippen LogP) is 4.06. The Hall–Kier alpha value is -0.390. The number of nitrogens with one attached hydrogen (secondary N) is 1. The van der Waals surface area contributed by atoms with Gasteiger partial charge in [0.05, 0.1) is 28.0 Å². The quantitative estimate of drug-likeness (QED) is 0.762. The van der Waals surface area contributed by atoms with E-state index in [1.54, 1.807) is 0 Å². The maximum absolute atomic E-state index is 6.29. The number of aryl methyl sites for hydroxylation is 1. The van der Waals surface area contributed by atoms with Crippen LogP contribution in [0.3, 0.4) is 0 Å². The minimum Gasteiger partial charge on any atom is -0.373 e. The zero-order valence-electron chi connectivity index (χ0n) is 13.5. The van der Waals surface area contributed by atoms with Crippen LogP contribution in [0.15, 0.2) is 10.7 Å². The van der Waals surface area contributed by atoms with Crippen molar-refractivity contribution in [2.45, 2.75) is 71.1 Å². The third-order valence-electron chi connectivity index (χ3n) is 4.36. The van der Waals surface area contributed by atoms with Crippen molar-refractivity contribution in [2.24, 2.45) is 0 Å². The Kier molecular flexibility index (Phi) is 6.26. The second-order valence-corrected chi connectivity index (χ2v) is 6.65. The molecule has 0 spiro atoms. The van der Waals surface area contributed by atoms with Crippen molar-refractivity contribution in [3.63, 3.8) is 0 Å². The van der Waals surface area contributed by atoms with Gasteiger partial charge in [0, 0.05) is 13.2 Å². The highest BCUT2D eigenvalue weighted by Crippen LogP contribution is 2.44. The molecule has 0 saturated heterocycles. The lowest BCUT2D eigenvalue weighted by Gasteiger charge is -2.38. The van der Waals surface area contributed by atoms with Crippen LogP contribution in [0.25, 0.3) is 0 Å². The average molecular weight is 358 g/mol. The number of hydrogen-bond donors (Lipinski definition) is 1. The highest BCUT2D eigenvalue weighted by molar-refractivity contribution is 9.10. The first-order valence-corrected chi connectivity index (χ1v) is 9.06. The van der Waals surface area contributed by atoms with Gasteiger partial charge in [-0.1, -0.05) is 26.7 Å². The molecule has 0 aliphatic heterocycles. The van der Waals surface area contributed by atoms with Gasteiger partial charge in [0.2, 0.25) is 0 Å². The summed E-state index contributed by atoms with van der Waals surface area (Å²) in [6.45, 7) is 9.10. The largest absolute Gasteiger partial charge is 0.373 e. The van der Waals surface area contributed by atoms with Gasteiger partial charge in [-0.15, -0.1) is 0 Å². The lowest BCUT2D eigenvalue weighted by Crippen LogP contribution is -2.45. The summed E-state index contributed by atoms with van der Waals surface area (Å²) in [7, 11) is 0. The average Bonchev–Trinajstić information content (AvgIpc) is 3.06. The van der Waals surface area contributed by atoms with Crippen molar-refractivity contribution in [2.75, 3.05) is 13.2 Å². The molecule has 2 rings (SSSR count). The van der Waals surface area contributed by atoms with Crippen molar-refractivity contribution in [3.05, 3.63) is 16.4 Å². The molecule has 0 aromatic carbocycles. The summed E-state index contributed by atoms with van der Waals surface area (Å²) in [5.41, 5.74) is 1.16. The van der Waals surface area contributed by atoms with Gasteiger partial charge in [-0.3, -0.25) is 4.68 Å². The number of rotatable bonds is 8. The second kappa shape index (κ2) is 7.75. The van der Waals surface area contributed by atoms with E-state index >= 15 is 0 Å². The fraction of sp³-hybridized carbons (Fsp3) is 0.812. The standard InChI is InChI=1S/C16H28BrN3O/c1-4-11-20-14(13(17)12-19-20)15(18-5-2)16(21-6-3)9-7-8-10-16/h12,15,18H,4-11H2,1-3H3. The Morgan fingerprint density at radius 1 is 1.38 bits per heavy atom. The van der Waals surface area contributed by atoms with Crippen LogP contribution in [0.2, 0.25) is 0 Å². The molecule has 1 unspecified atom stereocenters. The van der Waals surface area contributed by atoms with Crippen molar-refractivity contribution >= 4 is 15.9 Å². The fourth-order valence-corrected chi connectivity index (χ4v) is 4.09. The van der Waals surface area contributed by atoms with Crippen LogP contribution in [-0.2, 0) is 11.3 Å². The van der Waals surface area contributed by atoms with E-state index in [2.05, 4.69) is 51.8 Å². The molecule has 1 aromatic rings.